The third-order valence-corrected chi connectivity index (χ3v) is 3.89. The van der Waals surface area contributed by atoms with Crippen LogP contribution in [0.3, 0.4) is 0 Å². The highest BCUT2D eigenvalue weighted by atomic mass is 79.9. The summed E-state index contributed by atoms with van der Waals surface area (Å²) in [5, 5.41) is 3.09. The molecule has 4 heteroatoms. The number of benzene rings is 2. The molecular formula is C16H16BrF2N. The van der Waals surface area contributed by atoms with E-state index in [1.54, 1.807) is 0 Å². The highest BCUT2D eigenvalue weighted by Crippen LogP contribution is 2.21. The lowest BCUT2D eigenvalue weighted by molar-refractivity contribution is 0.532. The van der Waals surface area contributed by atoms with Gasteiger partial charge in [-0.1, -0.05) is 24.3 Å². The molecule has 20 heavy (non-hydrogen) atoms. The van der Waals surface area contributed by atoms with Gasteiger partial charge in [0.15, 0.2) is 0 Å². The molecule has 2 rings (SSSR count). The van der Waals surface area contributed by atoms with Crippen LogP contribution in [0.2, 0.25) is 0 Å². The fourth-order valence-electron chi connectivity index (χ4n) is 2.06. The van der Waals surface area contributed by atoms with Gasteiger partial charge in [-0.05, 0) is 59.1 Å². The Kier molecular flexibility index (Phi) is 5.26. The standard InChI is InChI=1S/C16H16BrF2N/c1-11-4-2-3-5-12(11)8-9-20-10-13-15(18)7-6-14(17)16(13)19/h2-7,20H,8-10H2,1H3. The quantitative estimate of drug-likeness (QED) is 0.630. The van der Waals surface area contributed by atoms with E-state index in [-0.39, 0.29) is 16.6 Å². The number of halogens is 3. The maximum Gasteiger partial charge on any atom is 0.144 e. The first-order chi connectivity index (χ1) is 9.59. The van der Waals surface area contributed by atoms with Crippen molar-refractivity contribution in [2.75, 3.05) is 6.54 Å². The molecule has 0 aliphatic rings. The van der Waals surface area contributed by atoms with Crippen molar-refractivity contribution in [3.05, 3.63) is 69.2 Å². The van der Waals surface area contributed by atoms with Crippen molar-refractivity contribution in [2.45, 2.75) is 19.9 Å². The molecule has 0 saturated carbocycles. The van der Waals surface area contributed by atoms with Gasteiger partial charge < -0.3 is 5.32 Å². The maximum absolute atomic E-state index is 13.7. The first-order valence-corrected chi connectivity index (χ1v) is 7.26. The van der Waals surface area contributed by atoms with Gasteiger partial charge in [0.25, 0.3) is 0 Å². The molecule has 106 valence electrons. The van der Waals surface area contributed by atoms with Crippen LogP contribution in [-0.4, -0.2) is 6.54 Å². The van der Waals surface area contributed by atoms with Crippen molar-refractivity contribution in [3.63, 3.8) is 0 Å². The van der Waals surface area contributed by atoms with Crippen molar-refractivity contribution >= 4 is 15.9 Å². The van der Waals surface area contributed by atoms with Gasteiger partial charge in [-0.2, -0.15) is 0 Å². The third kappa shape index (κ3) is 3.64. The van der Waals surface area contributed by atoms with Crippen LogP contribution in [0.4, 0.5) is 8.78 Å². The van der Waals surface area contributed by atoms with Crippen LogP contribution in [0.5, 0.6) is 0 Å². The largest absolute Gasteiger partial charge is 0.312 e. The van der Waals surface area contributed by atoms with Crippen LogP contribution in [0.1, 0.15) is 16.7 Å². The fourth-order valence-corrected chi connectivity index (χ4v) is 2.43. The van der Waals surface area contributed by atoms with E-state index in [2.05, 4.69) is 40.3 Å². The minimum atomic E-state index is -0.534. The predicted molar refractivity (Wildman–Crippen MR) is 80.6 cm³/mol. The van der Waals surface area contributed by atoms with E-state index in [0.29, 0.717) is 6.54 Å². The van der Waals surface area contributed by atoms with E-state index in [9.17, 15) is 8.78 Å². The molecular weight excluding hydrogens is 324 g/mol. The molecule has 0 saturated heterocycles. The average Bonchev–Trinajstić information content (AvgIpc) is 2.44. The van der Waals surface area contributed by atoms with Gasteiger partial charge in [0, 0.05) is 12.1 Å². The molecule has 0 radical (unpaired) electrons. The molecule has 1 nitrogen and oxygen atoms in total. The summed E-state index contributed by atoms with van der Waals surface area (Å²) in [4.78, 5) is 0. The summed E-state index contributed by atoms with van der Waals surface area (Å²) in [6.45, 7) is 2.92. The van der Waals surface area contributed by atoms with Crippen LogP contribution in [-0.2, 0) is 13.0 Å². The molecule has 0 heterocycles. The molecule has 0 aliphatic heterocycles. The molecule has 0 atom stereocenters. The summed E-state index contributed by atoms with van der Waals surface area (Å²) in [7, 11) is 0. The second-order valence-electron chi connectivity index (χ2n) is 4.68. The molecule has 1 N–H and O–H groups in total. The van der Waals surface area contributed by atoms with Gasteiger partial charge in [0.1, 0.15) is 11.6 Å². The molecule has 0 bridgehead atoms. The second kappa shape index (κ2) is 6.95. The molecule has 0 amide bonds. The van der Waals surface area contributed by atoms with Gasteiger partial charge in [0.05, 0.1) is 4.47 Å². The van der Waals surface area contributed by atoms with Gasteiger partial charge >= 0.3 is 0 Å². The summed E-state index contributed by atoms with van der Waals surface area (Å²) >= 11 is 3.07. The molecule has 0 aromatic heterocycles. The van der Waals surface area contributed by atoms with E-state index < -0.39 is 11.6 Å². The van der Waals surface area contributed by atoms with E-state index >= 15 is 0 Å². The Balaban J connectivity index is 1.91. The van der Waals surface area contributed by atoms with Crippen molar-refractivity contribution < 1.29 is 8.78 Å². The topological polar surface area (TPSA) is 12.0 Å². The van der Waals surface area contributed by atoms with Gasteiger partial charge in [-0.15, -0.1) is 0 Å². The van der Waals surface area contributed by atoms with Crippen molar-refractivity contribution in [3.8, 4) is 0 Å². The molecule has 0 aliphatic carbocycles. The Morgan fingerprint density at radius 3 is 2.60 bits per heavy atom. The van der Waals surface area contributed by atoms with Gasteiger partial charge in [-0.3, -0.25) is 0 Å². The minimum absolute atomic E-state index is 0.0733. The molecule has 0 spiro atoms. The molecule has 2 aromatic rings. The molecule has 0 unspecified atom stereocenters. The average molecular weight is 340 g/mol. The SMILES string of the molecule is Cc1ccccc1CCNCc1c(F)ccc(Br)c1F. The van der Waals surface area contributed by atoms with E-state index in [4.69, 9.17) is 0 Å². The Morgan fingerprint density at radius 2 is 1.85 bits per heavy atom. The number of nitrogens with one attached hydrogen (secondary N) is 1. The third-order valence-electron chi connectivity index (χ3n) is 3.27. The molecule has 0 fully saturated rings. The summed E-state index contributed by atoms with van der Waals surface area (Å²) in [6.07, 6.45) is 0.837. The zero-order chi connectivity index (χ0) is 14.5. The van der Waals surface area contributed by atoms with Gasteiger partial charge in [0.2, 0.25) is 0 Å². The van der Waals surface area contributed by atoms with Crippen molar-refractivity contribution in [1.29, 1.82) is 0 Å². The fraction of sp³-hybridized carbons (Fsp3) is 0.250. The van der Waals surface area contributed by atoms with Crippen LogP contribution >= 0.6 is 15.9 Å². The smallest absolute Gasteiger partial charge is 0.144 e. The Hall–Kier alpha value is -1.26. The summed E-state index contributed by atoms with van der Waals surface area (Å²) in [5.41, 5.74) is 2.55. The normalized spacial score (nSPS) is 10.8. The van der Waals surface area contributed by atoms with E-state index in [1.165, 1.54) is 23.3 Å². The lowest BCUT2D eigenvalue weighted by atomic mass is 10.1. The van der Waals surface area contributed by atoms with E-state index in [1.807, 2.05) is 12.1 Å². The van der Waals surface area contributed by atoms with Crippen molar-refractivity contribution in [1.82, 2.24) is 5.32 Å². The highest BCUT2D eigenvalue weighted by Gasteiger charge is 2.11. The zero-order valence-electron chi connectivity index (χ0n) is 11.2. The lowest BCUT2D eigenvalue weighted by Gasteiger charge is -2.09. The summed E-state index contributed by atoms with van der Waals surface area (Å²) in [5.74, 6) is -1.05. The first kappa shape index (κ1) is 15.1. The predicted octanol–water partition coefficient (Wildman–Crippen LogP) is 4.37. The Bertz CT molecular complexity index is 599. The van der Waals surface area contributed by atoms with Crippen LogP contribution in [0.25, 0.3) is 0 Å². The maximum atomic E-state index is 13.7. The van der Waals surface area contributed by atoms with Crippen LogP contribution in [0.15, 0.2) is 40.9 Å². The Morgan fingerprint density at radius 1 is 1.10 bits per heavy atom. The first-order valence-electron chi connectivity index (χ1n) is 6.47. The van der Waals surface area contributed by atoms with Crippen molar-refractivity contribution in [2.24, 2.45) is 0 Å². The summed E-state index contributed by atoms with van der Waals surface area (Å²) in [6, 6.07) is 10.8. The van der Waals surface area contributed by atoms with Crippen LogP contribution in [0, 0.1) is 18.6 Å². The zero-order valence-corrected chi connectivity index (χ0v) is 12.8. The van der Waals surface area contributed by atoms with Gasteiger partial charge in [-0.25, -0.2) is 8.78 Å². The monoisotopic (exact) mass is 339 g/mol. The number of aryl methyl sites for hydroxylation is 1. The van der Waals surface area contributed by atoms with Crippen LogP contribution < -0.4 is 5.32 Å². The number of hydrogen-bond donors (Lipinski definition) is 1. The summed E-state index contributed by atoms with van der Waals surface area (Å²) < 4.78 is 27.6. The number of hydrogen-bond acceptors (Lipinski definition) is 1. The van der Waals surface area contributed by atoms with E-state index in [0.717, 1.165) is 6.42 Å². The second-order valence-corrected chi connectivity index (χ2v) is 5.53. The number of rotatable bonds is 5. The highest BCUT2D eigenvalue weighted by molar-refractivity contribution is 9.10. The lowest BCUT2D eigenvalue weighted by Crippen LogP contribution is -2.19. The minimum Gasteiger partial charge on any atom is -0.312 e. The molecule has 2 aromatic carbocycles. The Labute approximate surface area is 126 Å².